The summed E-state index contributed by atoms with van der Waals surface area (Å²) >= 11 is 5.87. The lowest BCUT2D eigenvalue weighted by Gasteiger charge is -2.09. The molecule has 1 aromatic carbocycles. The number of benzene rings is 1. The number of rotatable bonds is 4. The highest BCUT2D eigenvalue weighted by Crippen LogP contribution is 2.25. The van der Waals surface area contributed by atoms with Crippen LogP contribution in [0.1, 0.15) is 12.7 Å². The zero-order chi connectivity index (χ0) is 12.3. The Morgan fingerprint density at radius 2 is 2.29 bits per heavy atom. The Kier molecular flexibility index (Phi) is 3.49. The number of hydrogen-bond acceptors (Lipinski definition) is 4. The van der Waals surface area contributed by atoms with E-state index in [-0.39, 0.29) is 0 Å². The van der Waals surface area contributed by atoms with Gasteiger partial charge in [0.2, 0.25) is 0 Å². The van der Waals surface area contributed by atoms with Gasteiger partial charge in [-0.3, -0.25) is 0 Å². The molecular weight excluding hydrogens is 240 g/mol. The lowest BCUT2D eigenvalue weighted by atomic mass is 10.3. The standard InChI is InChI=1S/C11H13ClN4O/c1-2-16-11(14-7-15-16)6-17-10-5-8(12)3-4-9(10)13/h3-5,7H,2,6,13H2,1H3. The number of nitrogens with zero attached hydrogens (tertiary/aromatic N) is 3. The molecule has 5 nitrogen and oxygen atoms in total. The maximum absolute atomic E-state index is 5.87. The Morgan fingerprint density at radius 1 is 1.47 bits per heavy atom. The number of nitrogens with two attached hydrogens (primary N) is 1. The van der Waals surface area contributed by atoms with Gasteiger partial charge in [-0.1, -0.05) is 11.6 Å². The summed E-state index contributed by atoms with van der Waals surface area (Å²) in [4.78, 5) is 4.11. The van der Waals surface area contributed by atoms with Crippen molar-refractivity contribution in [2.45, 2.75) is 20.1 Å². The molecule has 0 aliphatic heterocycles. The van der Waals surface area contributed by atoms with E-state index < -0.39 is 0 Å². The van der Waals surface area contributed by atoms with Gasteiger partial charge in [-0.05, 0) is 19.1 Å². The summed E-state index contributed by atoms with van der Waals surface area (Å²) in [5.74, 6) is 1.31. The Labute approximate surface area is 104 Å². The minimum absolute atomic E-state index is 0.318. The number of nitrogen functional groups attached to an aromatic ring is 1. The molecule has 0 atom stereocenters. The average molecular weight is 253 g/mol. The van der Waals surface area contributed by atoms with Crippen LogP contribution in [0.5, 0.6) is 5.75 Å². The fraction of sp³-hybridized carbons (Fsp3) is 0.273. The van der Waals surface area contributed by atoms with E-state index in [1.807, 2.05) is 6.92 Å². The van der Waals surface area contributed by atoms with Crippen molar-refractivity contribution >= 4 is 17.3 Å². The molecule has 2 N–H and O–H groups in total. The molecule has 0 spiro atoms. The number of anilines is 1. The number of hydrogen-bond donors (Lipinski definition) is 1. The summed E-state index contributed by atoms with van der Waals surface area (Å²) in [6.07, 6.45) is 1.50. The van der Waals surface area contributed by atoms with Gasteiger partial charge in [0.15, 0.2) is 5.82 Å². The number of aryl methyl sites for hydroxylation is 1. The molecule has 0 unspecified atom stereocenters. The van der Waals surface area contributed by atoms with Crippen LogP contribution in [0.15, 0.2) is 24.5 Å². The molecule has 2 aromatic rings. The molecule has 0 aliphatic carbocycles. The zero-order valence-corrected chi connectivity index (χ0v) is 10.2. The molecule has 0 radical (unpaired) electrons. The van der Waals surface area contributed by atoms with Crippen LogP contribution in [0.3, 0.4) is 0 Å². The fourth-order valence-corrected chi connectivity index (χ4v) is 1.60. The summed E-state index contributed by atoms with van der Waals surface area (Å²) in [7, 11) is 0. The molecule has 17 heavy (non-hydrogen) atoms. The normalized spacial score (nSPS) is 10.5. The van der Waals surface area contributed by atoms with Crippen LogP contribution in [0.4, 0.5) is 5.69 Å². The Bertz CT molecular complexity index is 512. The van der Waals surface area contributed by atoms with Gasteiger partial charge >= 0.3 is 0 Å². The molecule has 2 rings (SSSR count). The molecule has 6 heteroatoms. The van der Waals surface area contributed by atoms with Crippen LogP contribution < -0.4 is 10.5 Å². The first-order chi connectivity index (χ1) is 8.20. The SMILES string of the molecule is CCn1ncnc1COc1cc(Cl)ccc1N. The van der Waals surface area contributed by atoms with E-state index >= 15 is 0 Å². The van der Waals surface area contributed by atoms with Crippen molar-refractivity contribution in [2.75, 3.05) is 5.73 Å². The third-order valence-corrected chi connectivity index (χ3v) is 2.56. The quantitative estimate of drug-likeness (QED) is 0.847. The molecule has 0 bridgehead atoms. The van der Waals surface area contributed by atoms with Crippen LogP contribution in [-0.4, -0.2) is 14.8 Å². The monoisotopic (exact) mass is 252 g/mol. The predicted octanol–water partition coefficient (Wildman–Crippen LogP) is 2.11. The zero-order valence-electron chi connectivity index (χ0n) is 9.43. The van der Waals surface area contributed by atoms with Crippen molar-refractivity contribution in [3.8, 4) is 5.75 Å². The predicted molar refractivity (Wildman–Crippen MR) is 65.9 cm³/mol. The van der Waals surface area contributed by atoms with E-state index in [2.05, 4.69) is 10.1 Å². The highest BCUT2D eigenvalue weighted by Gasteiger charge is 2.06. The second-order valence-corrected chi connectivity index (χ2v) is 3.90. The van der Waals surface area contributed by atoms with E-state index in [0.717, 1.165) is 12.4 Å². The lowest BCUT2D eigenvalue weighted by molar-refractivity contribution is 0.289. The second kappa shape index (κ2) is 5.05. The summed E-state index contributed by atoms with van der Waals surface area (Å²) in [5.41, 5.74) is 6.33. The van der Waals surface area contributed by atoms with Crippen LogP contribution in [0.25, 0.3) is 0 Å². The van der Waals surface area contributed by atoms with Gasteiger partial charge in [-0.15, -0.1) is 0 Å². The number of ether oxygens (including phenoxy) is 1. The third-order valence-electron chi connectivity index (χ3n) is 2.33. The molecule has 1 aromatic heterocycles. The molecule has 0 saturated heterocycles. The van der Waals surface area contributed by atoms with Crippen molar-refractivity contribution in [1.82, 2.24) is 14.8 Å². The maximum Gasteiger partial charge on any atom is 0.164 e. The molecule has 1 heterocycles. The third kappa shape index (κ3) is 2.68. The van der Waals surface area contributed by atoms with Gasteiger partial charge in [-0.2, -0.15) is 5.10 Å². The van der Waals surface area contributed by atoms with E-state index in [1.54, 1.807) is 22.9 Å². The summed E-state index contributed by atoms with van der Waals surface area (Å²) in [5, 5.41) is 4.64. The minimum Gasteiger partial charge on any atom is -0.483 e. The highest BCUT2D eigenvalue weighted by atomic mass is 35.5. The number of aromatic nitrogens is 3. The maximum atomic E-state index is 5.87. The fourth-order valence-electron chi connectivity index (χ4n) is 1.44. The summed E-state index contributed by atoms with van der Waals surface area (Å²) < 4.78 is 7.34. The number of halogens is 1. The van der Waals surface area contributed by atoms with Crippen molar-refractivity contribution < 1.29 is 4.74 Å². The van der Waals surface area contributed by atoms with Crippen molar-refractivity contribution in [2.24, 2.45) is 0 Å². The highest BCUT2D eigenvalue weighted by molar-refractivity contribution is 6.30. The Morgan fingerprint density at radius 3 is 3.06 bits per heavy atom. The Hall–Kier alpha value is -1.75. The smallest absolute Gasteiger partial charge is 0.164 e. The first-order valence-electron chi connectivity index (χ1n) is 5.25. The second-order valence-electron chi connectivity index (χ2n) is 3.46. The van der Waals surface area contributed by atoms with E-state index in [0.29, 0.717) is 23.1 Å². The van der Waals surface area contributed by atoms with Crippen LogP contribution >= 0.6 is 11.6 Å². The van der Waals surface area contributed by atoms with Crippen molar-refractivity contribution in [1.29, 1.82) is 0 Å². The van der Waals surface area contributed by atoms with Gasteiger partial charge in [0.25, 0.3) is 0 Å². The molecule has 0 fully saturated rings. The molecular formula is C11H13ClN4O. The van der Waals surface area contributed by atoms with Gasteiger partial charge in [-0.25, -0.2) is 9.67 Å². The van der Waals surface area contributed by atoms with Gasteiger partial charge < -0.3 is 10.5 Å². The van der Waals surface area contributed by atoms with Crippen LogP contribution in [-0.2, 0) is 13.2 Å². The molecule has 0 aliphatic rings. The Balaban J connectivity index is 2.09. The largest absolute Gasteiger partial charge is 0.483 e. The lowest BCUT2D eigenvalue weighted by Crippen LogP contribution is -2.08. The average Bonchev–Trinajstić information content (AvgIpc) is 2.77. The minimum atomic E-state index is 0.318. The van der Waals surface area contributed by atoms with Crippen LogP contribution in [0, 0.1) is 0 Å². The summed E-state index contributed by atoms with van der Waals surface area (Å²) in [6.45, 7) is 3.06. The van der Waals surface area contributed by atoms with Crippen LogP contribution in [0.2, 0.25) is 5.02 Å². The van der Waals surface area contributed by atoms with E-state index in [1.165, 1.54) is 6.33 Å². The van der Waals surface area contributed by atoms with Gasteiger partial charge in [0.1, 0.15) is 18.7 Å². The van der Waals surface area contributed by atoms with Crippen molar-refractivity contribution in [3.05, 3.63) is 35.4 Å². The molecule has 0 saturated carbocycles. The van der Waals surface area contributed by atoms with Gasteiger partial charge in [0, 0.05) is 17.6 Å². The molecule has 0 amide bonds. The van der Waals surface area contributed by atoms with Gasteiger partial charge in [0.05, 0.1) is 5.69 Å². The van der Waals surface area contributed by atoms with E-state index in [9.17, 15) is 0 Å². The topological polar surface area (TPSA) is 66.0 Å². The van der Waals surface area contributed by atoms with Crippen molar-refractivity contribution in [3.63, 3.8) is 0 Å². The first kappa shape index (κ1) is 11.7. The summed E-state index contributed by atoms with van der Waals surface area (Å²) in [6, 6.07) is 5.12. The molecule has 90 valence electrons. The van der Waals surface area contributed by atoms with E-state index in [4.69, 9.17) is 22.1 Å². The first-order valence-corrected chi connectivity index (χ1v) is 5.63.